The Hall–Kier alpha value is -4.76. The van der Waals surface area contributed by atoms with Gasteiger partial charge in [-0.25, -0.2) is 0 Å². The number of thioether (sulfide) groups is 1. The van der Waals surface area contributed by atoms with Crippen molar-refractivity contribution in [3.8, 4) is 0 Å². The Labute approximate surface area is 359 Å². The first kappa shape index (κ1) is 47.9. The minimum absolute atomic E-state index is 0.000104. The lowest BCUT2D eigenvalue weighted by molar-refractivity contribution is -0.136. The van der Waals surface area contributed by atoms with Gasteiger partial charge in [0.25, 0.3) is 0 Å². The van der Waals surface area contributed by atoms with Gasteiger partial charge in [0.05, 0.1) is 17.5 Å². The van der Waals surface area contributed by atoms with Crippen molar-refractivity contribution in [1.29, 1.82) is 0 Å². The summed E-state index contributed by atoms with van der Waals surface area (Å²) in [6, 6.07) is 9.23. The molecule has 60 heavy (non-hydrogen) atoms. The molecule has 328 valence electrons. The molecule has 0 aromatic heterocycles. The SMILES string of the molecule is CC(C)C[C@H]1NC(=O)[C@H](Cc2ccc(C(=O)c3ccccc3)cc2)NC(=O)[C@@H](C(C)C)NC(=O)[C@@H]2CSC(N2)[C@H](C(C)C)NC(=O)[C@@H](C(C)C)NC(=O)[C@H](C(C)C)NC1=O. The van der Waals surface area contributed by atoms with Crippen molar-refractivity contribution >= 4 is 53.0 Å². The Kier molecular flexibility index (Phi) is 17.3. The van der Waals surface area contributed by atoms with Gasteiger partial charge in [-0.1, -0.05) is 124 Å². The van der Waals surface area contributed by atoms with Crippen LogP contribution in [0.1, 0.15) is 97.1 Å². The Balaban J connectivity index is 1.73. The third-order valence-corrected chi connectivity index (χ3v) is 12.2. The summed E-state index contributed by atoms with van der Waals surface area (Å²) in [5.41, 5.74) is 1.62. The molecule has 6 amide bonds. The first-order chi connectivity index (χ1) is 28.3. The van der Waals surface area contributed by atoms with Crippen LogP contribution in [0.25, 0.3) is 0 Å². The van der Waals surface area contributed by atoms with Crippen LogP contribution in [0.15, 0.2) is 54.6 Å². The highest BCUT2D eigenvalue weighted by atomic mass is 32.2. The number of nitrogens with one attached hydrogen (secondary N) is 7. The second kappa shape index (κ2) is 21.7. The van der Waals surface area contributed by atoms with Crippen LogP contribution < -0.4 is 37.2 Å². The van der Waals surface area contributed by atoms with E-state index in [2.05, 4.69) is 37.2 Å². The summed E-state index contributed by atoms with van der Waals surface area (Å²) in [6.45, 7) is 18.5. The van der Waals surface area contributed by atoms with Crippen LogP contribution in [0.2, 0.25) is 0 Å². The molecule has 4 rings (SSSR count). The number of benzene rings is 2. The van der Waals surface area contributed by atoms with Crippen molar-refractivity contribution in [2.45, 2.75) is 130 Å². The minimum Gasteiger partial charge on any atom is -0.349 e. The van der Waals surface area contributed by atoms with Gasteiger partial charge in [-0.3, -0.25) is 38.9 Å². The maximum absolute atomic E-state index is 14.4. The second-order valence-corrected chi connectivity index (χ2v) is 19.0. The Morgan fingerprint density at radius 1 is 0.550 bits per heavy atom. The first-order valence-corrected chi connectivity index (χ1v) is 22.2. The van der Waals surface area contributed by atoms with E-state index in [0.29, 0.717) is 22.4 Å². The monoisotopic (exact) mass is 847 g/mol. The number of amides is 6. The molecule has 2 heterocycles. The Morgan fingerprint density at radius 3 is 1.55 bits per heavy atom. The fourth-order valence-electron chi connectivity index (χ4n) is 7.28. The molecule has 7 N–H and O–H groups in total. The molecule has 2 saturated heterocycles. The first-order valence-electron chi connectivity index (χ1n) is 21.2. The van der Waals surface area contributed by atoms with Crippen LogP contribution in [0.3, 0.4) is 0 Å². The highest BCUT2D eigenvalue weighted by molar-refractivity contribution is 8.00. The Bertz CT molecular complexity index is 1840. The van der Waals surface area contributed by atoms with E-state index in [4.69, 9.17) is 0 Å². The number of hydrogen-bond acceptors (Lipinski definition) is 9. The van der Waals surface area contributed by atoms with Crippen LogP contribution in [0.5, 0.6) is 0 Å². The van der Waals surface area contributed by atoms with E-state index in [1.807, 2.05) is 47.6 Å². The normalized spacial score (nSPS) is 26.6. The minimum atomic E-state index is -1.20. The van der Waals surface area contributed by atoms with Gasteiger partial charge < -0.3 is 31.9 Å². The van der Waals surface area contributed by atoms with Gasteiger partial charge in [0, 0.05) is 23.3 Å². The Morgan fingerprint density at radius 2 is 1.02 bits per heavy atom. The molecule has 14 nitrogen and oxygen atoms in total. The summed E-state index contributed by atoms with van der Waals surface area (Å²) in [5.74, 6) is -4.13. The molecular weight excluding hydrogens is 783 g/mol. The summed E-state index contributed by atoms with van der Waals surface area (Å²) in [6.07, 6.45) is 0.215. The zero-order valence-corrected chi connectivity index (χ0v) is 37.4. The predicted molar refractivity (Wildman–Crippen MR) is 234 cm³/mol. The smallest absolute Gasteiger partial charge is 0.243 e. The van der Waals surface area contributed by atoms with Gasteiger partial charge in [-0.15, -0.1) is 11.8 Å². The van der Waals surface area contributed by atoms with E-state index < -0.39 is 77.7 Å². The highest BCUT2D eigenvalue weighted by Gasteiger charge is 2.41. The van der Waals surface area contributed by atoms with Gasteiger partial charge in [-0.2, -0.15) is 0 Å². The maximum Gasteiger partial charge on any atom is 0.243 e. The maximum atomic E-state index is 14.4. The third kappa shape index (κ3) is 12.9. The standard InChI is InChI=1S/C45H65N7O7S/c1-23(2)20-31-40(55)49-35(25(5)6)43(58)51-36(26(7)8)44(59)52-37(27(9)10)45-48-33(22-60-45)41(56)50-34(24(3)4)42(57)47-32(39(54)46-31)21-28-16-18-30(19-17-28)38(53)29-14-12-11-13-15-29/h11-19,23-27,31-37,45,48H,20-22H2,1-10H3,(H,46,54)(H,47,57)(H,49,55)(H,50,56)(H,51,58)(H,52,59)/t31-,32+,33+,34-,35+,36-,37+,45?/m1/s1. The molecule has 2 aliphatic heterocycles. The number of carbonyl (C=O) groups is 7. The van der Waals surface area contributed by atoms with Crippen molar-refractivity contribution in [2.75, 3.05) is 5.75 Å². The van der Waals surface area contributed by atoms with Gasteiger partial charge in [0.15, 0.2) is 5.78 Å². The van der Waals surface area contributed by atoms with E-state index in [1.165, 1.54) is 11.8 Å². The van der Waals surface area contributed by atoms with Crippen LogP contribution in [0.4, 0.5) is 0 Å². The average molecular weight is 848 g/mol. The average Bonchev–Trinajstić information content (AvgIpc) is 3.68. The van der Waals surface area contributed by atoms with Gasteiger partial charge >= 0.3 is 0 Å². The van der Waals surface area contributed by atoms with Crippen molar-refractivity contribution in [2.24, 2.45) is 29.6 Å². The van der Waals surface area contributed by atoms with Crippen molar-refractivity contribution < 1.29 is 33.6 Å². The third-order valence-electron chi connectivity index (χ3n) is 10.9. The number of rotatable bonds is 10. The molecule has 2 aromatic carbocycles. The number of carbonyl (C=O) groups excluding carboxylic acids is 7. The molecule has 0 aliphatic carbocycles. The van der Waals surface area contributed by atoms with Crippen LogP contribution >= 0.6 is 11.8 Å². The number of ketones is 1. The molecule has 2 fully saturated rings. The summed E-state index contributed by atoms with van der Waals surface area (Å²) < 4.78 is 0. The van der Waals surface area contributed by atoms with E-state index in [-0.39, 0.29) is 53.6 Å². The highest BCUT2D eigenvalue weighted by Crippen LogP contribution is 2.26. The molecule has 8 atom stereocenters. The summed E-state index contributed by atoms with van der Waals surface area (Å²) in [4.78, 5) is 97.4. The molecular formula is C45H65N7O7S. The summed E-state index contributed by atoms with van der Waals surface area (Å²) in [7, 11) is 0. The fourth-order valence-corrected chi connectivity index (χ4v) is 8.78. The molecule has 0 radical (unpaired) electrons. The van der Waals surface area contributed by atoms with E-state index >= 15 is 0 Å². The molecule has 2 aliphatic rings. The molecule has 0 spiro atoms. The summed E-state index contributed by atoms with van der Waals surface area (Å²) in [5, 5.41) is 20.5. The lowest BCUT2D eigenvalue weighted by atomic mass is 9.96. The largest absolute Gasteiger partial charge is 0.349 e. The lowest BCUT2D eigenvalue weighted by Gasteiger charge is -2.32. The lowest BCUT2D eigenvalue weighted by Crippen LogP contribution is -2.61. The molecule has 2 aromatic rings. The molecule has 1 unspecified atom stereocenters. The van der Waals surface area contributed by atoms with Crippen LogP contribution in [-0.4, -0.2) is 94.6 Å². The van der Waals surface area contributed by atoms with E-state index in [1.54, 1.807) is 76.2 Å². The molecule has 0 saturated carbocycles. The van der Waals surface area contributed by atoms with Gasteiger partial charge in [0.2, 0.25) is 35.4 Å². The predicted octanol–water partition coefficient (Wildman–Crippen LogP) is 3.08. The molecule has 15 heteroatoms. The van der Waals surface area contributed by atoms with Crippen molar-refractivity contribution in [3.63, 3.8) is 0 Å². The van der Waals surface area contributed by atoms with Crippen molar-refractivity contribution in [3.05, 3.63) is 71.3 Å². The number of hydrogen-bond donors (Lipinski definition) is 7. The zero-order valence-electron chi connectivity index (χ0n) is 36.6. The van der Waals surface area contributed by atoms with Gasteiger partial charge in [-0.05, 0) is 41.6 Å². The topological polar surface area (TPSA) is 204 Å². The van der Waals surface area contributed by atoms with Crippen molar-refractivity contribution in [1.82, 2.24) is 37.2 Å². The van der Waals surface area contributed by atoms with E-state index in [9.17, 15) is 33.6 Å². The summed E-state index contributed by atoms with van der Waals surface area (Å²) >= 11 is 1.48. The van der Waals surface area contributed by atoms with E-state index in [0.717, 1.165) is 0 Å². The molecule has 2 bridgehead atoms. The van der Waals surface area contributed by atoms with Crippen LogP contribution in [-0.2, 0) is 35.2 Å². The van der Waals surface area contributed by atoms with Gasteiger partial charge in [0.1, 0.15) is 30.2 Å². The number of fused-ring (bicyclic) bond motifs is 2. The fraction of sp³-hybridized carbons (Fsp3) is 0.578. The zero-order chi connectivity index (χ0) is 44.4. The quantitative estimate of drug-likeness (QED) is 0.176. The second-order valence-electron chi connectivity index (χ2n) is 17.8. The van der Waals surface area contributed by atoms with Crippen LogP contribution in [0, 0.1) is 29.6 Å².